The second-order valence-corrected chi connectivity index (χ2v) is 10.6. The number of ether oxygens (including phenoxy) is 1. The Bertz CT molecular complexity index is 1800. The Balaban J connectivity index is 0.000000200. The van der Waals surface area contributed by atoms with Crippen molar-refractivity contribution in [3.8, 4) is 0 Å². The van der Waals surface area contributed by atoms with Crippen molar-refractivity contribution in [1.29, 1.82) is 0 Å². The van der Waals surface area contributed by atoms with Crippen LogP contribution < -0.4 is 16.0 Å². The number of nitrogens with zero attached hydrogens (tertiary/aromatic N) is 4. The molecule has 0 spiro atoms. The number of carbonyl (C=O) groups is 3. The predicted octanol–water partition coefficient (Wildman–Crippen LogP) is 3.91. The van der Waals surface area contributed by atoms with Crippen LogP contribution in [0.5, 0.6) is 0 Å². The van der Waals surface area contributed by atoms with Gasteiger partial charge in [-0.15, -0.1) is 0 Å². The van der Waals surface area contributed by atoms with Crippen molar-refractivity contribution in [3.05, 3.63) is 95.1 Å². The largest absolute Gasteiger partial charge is 0.387 e. The molecule has 3 aromatic heterocycles. The molecular formula is C33H36N8O5. The number of anilines is 2. The zero-order valence-electron chi connectivity index (χ0n) is 25.7. The summed E-state index contributed by atoms with van der Waals surface area (Å²) >= 11 is 0. The number of aryl methyl sites for hydroxylation is 1. The van der Waals surface area contributed by atoms with Crippen molar-refractivity contribution in [1.82, 2.24) is 30.1 Å². The number of rotatable bonds is 10. The van der Waals surface area contributed by atoms with Gasteiger partial charge in [-0.05, 0) is 57.8 Å². The van der Waals surface area contributed by atoms with Crippen LogP contribution in [0.2, 0.25) is 0 Å². The van der Waals surface area contributed by atoms with E-state index in [1.54, 1.807) is 48.3 Å². The van der Waals surface area contributed by atoms with Gasteiger partial charge in [0, 0.05) is 58.2 Å². The van der Waals surface area contributed by atoms with Gasteiger partial charge in [-0.25, -0.2) is 4.63 Å². The molecule has 0 aliphatic carbocycles. The number of aldehydes is 1. The van der Waals surface area contributed by atoms with Crippen LogP contribution in [-0.4, -0.2) is 89.3 Å². The Labute approximate surface area is 265 Å². The van der Waals surface area contributed by atoms with Gasteiger partial charge < -0.3 is 30.2 Å². The number of amides is 2. The Morgan fingerprint density at radius 1 is 0.935 bits per heavy atom. The molecule has 1 saturated heterocycles. The minimum atomic E-state index is -0.234. The number of hydrogen-bond acceptors (Lipinski definition) is 9. The Morgan fingerprint density at radius 3 is 2.39 bits per heavy atom. The summed E-state index contributed by atoms with van der Waals surface area (Å²) in [7, 11) is 3.57. The van der Waals surface area contributed by atoms with Gasteiger partial charge in [-0.2, -0.15) is 0 Å². The van der Waals surface area contributed by atoms with Gasteiger partial charge in [-0.3, -0.25) is 19.3 Å². The van der Waals surface area contributed by atoms with E-state index in [9.17, 15) is 14.4 Å². The van der Waals surface area contributed by atoms with E-state index < -0.39 is 0 Å². The van der Waals surface area contributed by atoms with Crippen LogP contribution in [0.25, 0.3) is 23.2 Å². The topological polar surface area (TPSA) is 159 Å². The van der Waals surface area contributed by atoms with Crippen LogP contribution in [0.3, 0.4) is 0 Å². The summed E-state index contributed by atoms with van der Waals surface area (Å²) < 4.78 is 11.6. The van der Waals surface area contributed by atoms with E-state index in [0.717, 1.165) is 55.9 Å². The van der Waals surface area contributed by atoms with Crippen LogP contribution >= 0.6 is 0 Å². The van der Waals surface area contributed by atoms with Crippen LogP contribution in [0.15, 0.2) is 71.6 Å². The molecule has 46 heavy (non-hydrogen) atoms. The highest BCUT2D eigenvalue weighted by Gasteiger charge is 2.12. The number of aromatic amines is 1. The highest BCUT2D eigenvalue weighted by molar-refractivity contribution is 6.04. The predicted molar refractivity (Wildman–Crippen MR) is 176 cm³/mol. The monoisotopic (exact) mass is 624 g/mol. The summed E-state index contributed by atoms with van der Waals surface area (Å²) in [6.45, 7) is 5.00. The smallest absolute Gasteiger partial charge is 0.267 e. The highest BCUT2D eigenvalue weighted by atomic mass is 16.6. The van der Waals surface area contributed by atoms with Crippen molar-refractivity contribution in [3.63, 3.8) is 0 Å². The van der Waals surface area contributed by atoms with Crippen LogP contribution in [0, 0.1) is 0 Å². The van der Waals surface area contributed by atoms with Gasteiger partial charge in [0.1, 0.15) is 16.7 Å². The fraction of sp³-hybridized carbons (Fsp3) is 0.242. The highest BCUT2D eigenvalue weighted by Crippen LogP contribution is 2.16. The fourth-order valence-electron chi connectivity index (χ4n) is 4.73. The van der Waals surface area contributed by atoms with Gasteiger partial charge in [-0.1, -0.05) is 30.4 Å². The summed E-state index contributed by atoms with van der Waals surface area (Å²) in [5.41, 5.74) is 6.45. The lowest BCUT2D eigenvalue weighted by Crippen LogP contribution is -2.41. The lowest BCUT2D eigenvalue weighted by molar-refractivity contribution is 0.0383. The first-order chi connectivity index (χ1) is 22.4. The van der Waals surface area contributed by atoms with Crippen molar-refractivity contribution < 1.29 is 23.7 Å². The maximum Gasteiger partial charge on any atom is 0.267 e. The number of fused-ring (bicyclic) bond motifs is 1. The van der Waals surface area contributed by atoms with Gasteiger partial charge in [0.25, 0.3) is 11.8 Å². The molecule has 0 radical (unpaired) electrons. The number of aromatic nitrogens is 4. The van der Waals surface area contributed by atoms with Crippen molar-refractivity contribution in [2.24, 2.45) is 7.05 Å². The molecule has 2 amide bonds. The van der Waals surface area contributed by atoms with E-state index in [2.05, 4.69) is 36.1 Å². The van der Waals surface area contributed by atoms with E-state index in [0.29, 0.717) is 40.2 Å². The molecule has 4 heterocycles. The normalized spacial score (nSPS) is 13.3. The van der Waals surface area contributed by atoms with Crippen LogP contribution in [-0.2, 0) is 11.8 Å². The summed E-state index contributed by atoms with van der Waals surface area (Å²) in [5, 5.41) is 16.3. The minimum Gasteiger partial charge on any atom is -0.387 e. The zero-order valence-corrected chi connectivity index (χ0v) is 25.7. The lowest BCUT2D eigenvalue weighted by Gasteiger charge is -2.26. The number of carbonyl (C=O) groups excluding carboxylic acids is 3. The molecule has 2 aromatic carbocycles. The standard InChI is InChI=1S/C21H16N4O3.C12H20N4O2/c1-25-12-17(11-18(25)13-26)22-21(27)16-7-4-14(5-8-16)2-3-15-6-9-19-20(10-15)24-28-23-19;1-13-10-8-11(15-9-10)12(17)14-2-3-16-4-6-18-7-5-16/h2-13H,1H3,(H,22,27);8-9,13,15H,2-7H2,1H3,(H,14,17)/b3-2+;. The molecule has 0 bridgehead atoms. The third-order valence-electron chi connectivity index (χ3n) is 7.37. The second kappa shape index (κ2) is 15.5. The molecule has 1 fully saturated rings. The van der Waals surface area contributed by atoms with E-state index in [1.165, 1.54) is 0 Å². The quantitative estimate of drug-likeness (QED) is 0.133. The molecule has 6 rings (SSSR count). The van der Waals surface area contributed by atoms with E-state index >= 15 is 0 Å². The summed E-state index contributed by atoms with van der Waals surface area (Å²) in [4.78, 5) is 40.3. The first-order valence-electron chi connectivity index (χ1n) is 14.8. The minimum absolute atomic E-state index is 0.0650. The van der Waals surface area contributed by atoms with E-state index in [1.807, 2.05) is 49.5 Å². The maximum absolute atomic E-state index is 12.4. The summed E-state index contributed by atoms with van der Waals surface area (Å²) in [6.07, 6.45) is 8.11. The maximum atomic E-state index is 12.4. The molecule has 0 atom stereocenters. The van der Waals surface area contributed by atoms with Gasteiger partial charge in [0.2, 0.25) is 0 Å². The van der Waals surface area contributed by atoms with Crippen LogP contribution in [0.1, 0.15) is 42.5 Å². The number of H-pyrrole nitrogens is 1. The summed E-state index contributed by atoms with van der Waals surface area (Å²) in [5.74, 6) is -0.299. The Morgan fingerprint density at radius 2 is 1.67 bits per heavy atom. The van der Waals surface area contributed by atoms with Gasteiger partial charge in [0.15, 0.2) is 6.29 Å². The SMILES string of the molecule is CNc1c[nH]c(C(=O)NCCN2CCOCC2)c1.Cn1cc(NC(=O)c2ccc(/C=C/c3ccc4nonc4c3)cc2)cc1C=O. The fourth-order valence-corrected chi connectivity index (χ4v) is 4.73. The average molecular weight is 625 g/mol. The molecule has 13 heteroatoms. The zero-order chi connectivity index (χ0) is 32.3. The third-order valence-corrected chi connectivity index (χ3v) is 7.37. The first-order valence-corrected chi connectivity index (χ1v) is 14.8. The number of benzene rings is 2. The summed E-state index contributed by atoms with van der Waals surface area (Å²) in [6, 6.07) is 16.3. The van der Waals surface area contributed by atoms with E-state index in [-0.39, 0.29) is 11.8 Å². The van der Waals surface area contributed by atoms with Crippen molar-refractivity contribution >= 4 is 52.7 Å². The molecule has 5 aromatic rings. The van der Waals surface area contributed by atoms with E-state index in [4.69, 9.17) is 9.37 Å². The molecule has 0 saturated carbocycles. The number of hydrogen-bond donors (Lipinski definition) is 4. The van der Waals surface area contributed by atoms with Crippen molar-refractivity contribution in [2.45, 2.75) is 0 Å². The van der Waals surface area contributed by atoms with Gasteiger partial charge >= 0.3 is 0 Å². The molecule has 1 aliphatic heterocycles. The average Bonchev–Trinajstić information content (AvgIpc) is 3.84. The second-order valence-electron chi connectivity index (χ2n) is 10.6. The molecule has 238 valence electrons. The van der Waals surface area contributed by atoms with Gasteiger partial charge in [0.05, 0.1) is 30.3 Å². The Kier molecular flexibility index (Phi) is 10.7. The van der Waals surface area contributed by atoms with Crippen LogP contribution in [0.4, 0.5) is 11.4 Å². The van der Waals surface area contributed by atoms with Crippen molar-refractivity contribution in [2.75, 3.05) is 57.1 Å². The third kappa shape index (κ3) is 8.55. The molecular weight excluding hydrogens is 588 g/mol. The molecule has 13 nitrogen and oxygen atoms in total. The number of morpholine rings is 1. The number of nitrogens with one attached hydrogen (secondary N) is 4. The lowest BCUT2D eigenvalue weighted by atomic mass is 10.1. The molecule has 1 aliphatic rings. The Hall–Kier alpha value is -5.53. The molecule has 0 unspecified atom stereocenters. The first kappa shape index (κ1) is 31.9. The molecule has 4 N–H and O–H groups in total.